The molecule has 0 saturated heterocycles. The van der Waals surface area contributed by atoms with Crippen LogP contribution in [0.5, 0.6) is 0 Å². The van der Waals surface area contributed by atoms with E-state index in [0.29, 0.717) is 22.4 Å². The van der Waals surface area contributed by atoms with Gasteiger partial charge in [0.1, 0.15) is 0 Å². The molecule has 4 heteroatoms. The Hall–Kier alpha value is -3.06. The van der Waals surface area contributed by atoms with Crippen molar-refractivity contribution in [2.45, 2.75) is 6.92 Å². The molecule has 0 spiro atoms. The predicted octanol–water partition coefficient (Wildman–Crippen LogP) is 3.16. The zero-order valence-electron chi connectivity index (χ0n) is 11.5. The summed E-state index contributed by atoms with van der Waals surface area (Å²) in [4.78, 5) is 15.7. The lowest BCUT2D eigenvalue weighted by atomic mass is 10.00. The molecular formula is C17H13N3O. The lowest BCUT2D eigenvalue weighted by Gasteiger charge is -2.04. The Balaban J connectivity index is 2.13. The molecule has 0 radical (unpaired) electrons. The first-order chi connectivity index (χ1) is 10.1. The van der Waals surface area contributed by atoms with Crippen LogP contribution >= 0.6 is 0 Å². The largest absolute Gasteiger partial charge is 0.398 e. The molecule has 0 aliphatic rings. The molecule has 3 N–H and O–H groups in total. The number of nitrogens with zero attached hydrogens (tertiary/aromatic N) is 1. The number of hydrogen-bond donors (Lipinski definition) is 2. The van der Waals surface area contributed by atoms with Gasteiger partial charge in [0.05, 0.1) is 11.6 Å². The van der Waals surface area contributed by atoms with Crippen LogP contribution in [0, 0.1) is 18.3 Å². The number of carbonyl (C=O) groups is 1. The summed E-state index contributed by atoms with van der Waals surface area (Å²) in [5.74, 6) is -0.108. The van der Waals surface area contributed by atoms with Crippen molar-refractivity contribution in [2.24, 2.45) is 0 Å². The van der Waals surface area contributed by atoms with Crippen molar-refractivity contribution >= 4 is 22.4 Å². The summed E-state index contributed by atoms with van der Waals surface area (Å²) in [6.07, 6.45) is 1.67. The van der Waals surface area contributed by atoms with E-state index >= 15 is 0 Å². The third-order valence-corrected chi connectivity index (χ3v) is 3.60. The Morgan fingerprint density at radius 2 is 2.05 bits per heavy atom. The summed E-state index contributed by atoms with van der Waals surface area (Å²) in [5, 5.41) is 9.73. The van der Waals surface area contributed by atoms with E-state index in [0.717, 1.165) is 16.5 Å². The second kappa shape index (κ2) is 4.80. The maximum atomic E-state index is 12.6. The number of rotatable bonds is 2. The van der Waals surface area contributed by atoms with Crippen LogP contribution < -0.4 is 5.73 Å². The fourth-order valence-corrected chi connectivity index (χ4v) is 2.32. The molecule has 0 aliphatic carbocycles. The van der Waals surface area contributed by atoms with Crippen LogP contribution in [-0.2, 0) is 0 Å². The molecule has 0 unspecified atom stereocenters. The second-order valence-electron chi connectivity index (χ2n) is 4.98. The van der Waals surface area contributed by atoms with Gasteiger partial charge in [-0.25, -0.2) is 0 Å². The molecule has 4 nitrogen and oxygen atoms in total. The first-order valence-electron chi connectivity index (χ1n) is 6.52. The zero-order valence-corrected chi connectivity index (χ0v) is 11.5. The number of fused-ring (bicyclic) bond motifs is 1. The van der Waals surface area contributed by atoms with Gasteiger partial charge in [-0.2, -0.15) is 5.26 Å². The third kappa shape index (κ3) is 2.15. The lowest BCUT2D eigenvalue weighted by molar-refractivity contribution is 0.104. The van der Waals surface area contributed by atoms with Gasteiger partial charge in [0.15, 0.2) is 5.78 Å². The number of hydrogen-bond acceptors (Lipinski definition) is 3. The molecule has 0 atom stereocenters. The highest BCUT2D eigenvalue weighted by atomic mass is 16.1. The second-order valence-corrected chi connectivity index (χ2v) is 4.98. The number of nitriles is 1. The van der Waals surface area contributed by atoms with E-state index in [-0.39, 0.29) is 5.78 Å². The van der Waals surface area contributed by atoms with Crippen LogP contribution in [0.15, 0.2) is 42.6 Å². The Bertz CT molecular complexity index is 900. The normalized spacial score (nSPS) is 10.5. The van der Waals surface area contributed by atoms with E-state index < -0.39 is 0 Å². The van der Waals surface area contributed by atoms with Gasteiger partial charge in [0, 0.05) is 33.9 Å². The quantitative estimate of drug-likeness (QED) is 0.556. The number of nitrogens with two attached hydrogens (primary N) is 1. The van der Waals surface area contributed by atoms with E-state index in [1.54, 1.807) is 36.5 Å². The third-order valence-electron chi connectivity index (χ3n) is 3.60. The number of anilines is 1. The van der Waals surface area contributed by atoms with Gasteiger partial charge in [-0.3, -0.25) is 4.79 Å². The van der Waals surface area contributed by atoms with Gasteiger partial charge < -0.3 is 10.7 Å². The maximum absolute atomic E-state index is 12.6. The van der Waals surface area contributed by atoms with Crippen molar-refractivity contribution in [3.05, 3.63) is 64.8 Å². The molecule has 0 amide bonds. The highest BCUT2D eigenvalue weighted by Crippen LogP contribution is 2.23. The van der Waals surface area contributed by atoms with E-state index in [4.69, 9.17) is 11.0 Å². The molecule has 0 bridgehead atoms. The molecule has 0 aliphatic heterocycles. The van der Waals surface area contributed by atoms with Crippen molar-refractivity contribution in [3.63, 3.8) is 0 Å². The van der Waals surface area contributed by atoms with Crippen molar-refractivity contribution in [1.82, 2.24) is 4.98 Å². The molecule has 1 aromatic heterocycles. The Morgan fingerprint density at radius 1 is 1.24 bits per heavy atom. The highest BCUT2D eigenvalue weighted by molar-refractivity contribution is 6.16. The van der Waals surface area contributed by atoms with Gasteiger partial charge in [0.2, 0.25) is 0 Å². The van der Waals surface area contributed by atoms with Crippen LogP contribution in [0.2, 0.25) is 0 Å². The molecule has 21 heavy (non-hydrogen) atoms. The SMILES string of the molecule is Cc1ccc(C(=O)c2c[nH]c3ccc(C#N)cc23)cc1N. The summed E-state index contributed by atoms with van der Waals surface area (Å²) in [6, 6.07) is 12.6. The standard InChI is InChI=1S/C17H13N3O/c1-10-2-4-12(7-15(10)19)17(21)14-9-20-16-5-3-11(8-18)6-13(14)16/h2-7,9,20H,19H2,1H3. The van der Waals surface area contributed by atoms with E-state index in [1.807, 2.05) is 13.0 Å². The number of aryl methyl sites for hydroxylation is 1. The Morgan fingerprint density at radius 3 is 2.76 bits per heavy atom. The van der Waals surface area contributed by atoms with Crippen LogP contribution in [0.4, 0.5) is 5.69 Å². The predicted molar refractivity (Wildman–Crippen MR) is 82.0 cm³/mol. The van der Waals surface area contributed by atoms with Crippen LogP contribution in [0.25, 0.3) is 10.9 Å². The number of carbonyl (C=O) groups excluding carboxylic acids is 1. The number of ketones is 1. The summed E-state index contributed by atoms with van der Waals surface area (Å²) in [6.45, 7) is 1.90. The van der Waals surface area contributed by atoms with E-state index in [1.165, 1.54) is 0 Å². The fourth-order valence-electron chi connectivity index (χ4n) is 2.32. The molecule has 2 aromatic carbocycles. The first kappa shape index (κ1) is 12.9. The number of H-pyrrole nitrogens is 1. The number of nitrogens with one attached hydrogen (secondary N) is 1. The molecular weight excluding hydrogens is 262 g/mol. The minimum Gasteiger partial charge on any atom is -0.398 e. The van der Waals surface area contributed by atoms with Gasteiger partial charge in [0.25, 0.3) is 0 Å². The number of aromatic nitrogens is 1. The summed E-state index contributed by atoms with van der Waals surface area (Å²) < 4.78 is 0. The van der Waals surface area contributed by atoms with Gasteiger partial charge in [-0.1, -0.05) is 12.1 Å². The molecule has 3 rings (SSSR count). The Kier molecular flexibility index (Phi) is 2.96. The van der Waals surface area contributed by atoms with Crippen molar-refractivity contribution in [1.29, 1.82) is 5.26 Å². The van der Waals surface area contributed by atoms with Crippen molar-refractivity contribution < 1.29 is 4.79 Å². The number of nitrogen functional groups attached to an aromatic ring is 1. The number of benzene rings is 2. The van der Waals surface area contributed by atoms with E-state index in [9.17, 15) is 4.79 Å². The topological polar surface area (TPSA) is 82.7 Å². The van der Waals surface area contributed by atoms with Gasteiger partial charge in [-0.15, -0.1) is 0 Å². The van der Waals surface area contributed by atoms with E-state index in [2.05, 4.69) is 11.1 Å². The smallest absolute Gasteiger partial charge is 0.195 e. The maximum Gasteiger partial charge on any atom is 0.195 e. The molecule has 0 saturated carbocycles. The average molecular weight is 275 g/mol. The van der Waals surface area contributed by atoms with Gasteiger partial charge >= 0.3 is 0 Å². The van der Waals surface area contributed by atoms with Crippen molar-refractivity contribution in [2.75, 3.05) is 5.73 Å². The molecule has 3 aromatic rings. The van der Waals surface area contributed by atoms with Crippen molar-refractivity contribution in [3.8, 4) is 6.07 Å². The fraction of sp³-hybridized carbons (Fsp3) is 0.0588. The van der Waals surface area contributed by atoms with Crippen LogP contribution in [0.1, 0.15) is 27.0 Å². The average Bonchev–Trinajstić information content (AvgIpc) is 2.92. The zero-order chi connectivity index (χ0) is 15.0. The first-order valence-corrected chi connectivity index (χ1v) is 6.52. The summed E-state index contributed by atoms with van der Waals surface area (Å²) in [7, 11) is 0. The summed E-state index contributed by atoms with van der Waals surface area (Å²) in [5.41, 5.74) is 9.85. The molecule has 102 valence electrons. The molecule has 1 heterocycles. The van der Waals surface area contributed by atoms with Crippen LogP contribution in [-0.4, -0.2) is 10.8 Å². The summed E-state index contributed by atoms with van der Waals surface area (Å²) >= 11 is 0. The Labute approximate surface area is 121 Å². The highest BCUT2D eigenvalue weighted by Gasteiger charge is 2.15. The minimum atomic E-state index is -0.108. The monoisotopic (exact) mass is 275 g/mol. The minimum absolute atomic E-state index is 0.108. The van der Waals surface area contributed by atoms with Crippen LogP contribution in [0.3, 0.4) is 0 Å². The number of aromatic amines is 1. The van der Waals surface area contributed by atoms with Gasteiger partial charge in [-0.05, 0) is 36.8 Å². The lowest BCUT2D eigenvalue weighted by Crippen LogP contribution is -2.02. The molecule has 0 fully saturated rings.